The van der Waals surface area contributed by atoms with E-state index in [2.05, 4.69) is 38.2 Å². The highest BCUT2D eigenvalue weighted by molar-refractivity contribution is 5.99. The molecule has 1 aliphatic rings. The van der Waals surface area contributed by atoms with E-state index in [9.17, 15) is 19.8 Å². The van der Waals surface area contributed by atoms with Crippen molar-refractivity contribution >= 4 is 11.8 Å². The Morgan fingerprint density at radius 1 is 1.13 bits per heavy atom. The van der Waals surface area contributed by atoms with Crippen molar-refractivity contribution < 1.29 is 29.3 Å². The average molecular weight is 558 g/mol. The van der Waals surface area contributed by atoms with Crippen LogP contribution in [0.25, 0.3) is 0 Å². The fraction of sp³-hybridized carbons (Fsp3) is 0.933. The Bertz CT molecular complexity index is 763. The first kappa shape index (κ1) is 35.9. The second-order valence-corrected chi connectivity index (χ2v) is 12.8. The first-order chi connectivity index (χ1) is 18.0. The molecule has 1 heterocycles. The first-order valence-electron chi connectivity index (χ1n) is 14.8. The molecule has 230 valence electrons. The average Bonchev–Trinajstić information content (AvgIpc) is 2.87. The highest BCUT2D eigenvalue weighted by atomic mass is 16.6. The maximum atomic E-state index is 13.5. The van der Waals surface area contributed by atoms with Crippen molar-refractivity contribution in [3.63, 3.8) is 0 Å². The van der Waals surface area contributed by atoms with Crippen LogP contribution < -0.4 is 5.32 Å². The van der Waals surface area contributed by atoms with Gasteiger partial charge in [-0.3, -0.25) is 9.59 Å². The van der Waals surface area contributed by atoms with Crippen LogP contribution in [0.4, 0.5) is 0 Å². The third kappa shape index (κ3) is 10.0. The molecule has 0 saturated carbocycles. The lowest BCUT2D eigenvalue weighted by Gasteiger charge is -2.43. The fourth-order valence-corrected chi connectivity index (χ4v) is 5.86. The number of aliphatic hydroxyl groups is 2. The Balaban J connectivity index is 3.23. The molecule has 0 aromatic carbocycles. The Kier molecular flexibility index (Phi) is 14.5. The highest BCUT2D eigenvalue weighted by Gasteiger charge is 2.47. The van der Waals surface area contributed by atoms with Gasteiger partial charge in [0.2, 0.25) is 0 Å². The monoisotopic (exact) mass is 557 g/mol. The van der Waals surface area contributed by atoms with Gasteiger partial charge in [-0.1, -0.05) is 27.7 Å². The Labute approximate surface area is 238 Å². The minimum atomic E-state index is -1.68. The second kappa shape index (κ2) is 15.8. The lowest BCUT2D eigenvalue weighted by atomic mass is 9.73. The number of nitrogens with zero attached hydrogens (tertiary/aromatic N) is 2. The van der Waals surface area contributed by atoms with Gasteiger partial charge in [0.25, 0.3) is 0 Å². The van der Waals surface area contributed by atoms with Crippen molar-refractivity contribution in [1.29, 1.82) is 0 Å². The summed E-state index contributed by atoms with van der Waals surface area (Å²) in [5.41, 5.74) is -2.29. The smallest absolute Gasteiger partial charge is 0.316 e. The van der Waals surface area contributed by atoms with Crippen molar-refractivity contribution in [3.05, 3.63) is 0 Å². The molecular weight excluding hydrogens is 498 g/mol. The molecule has 1 saturated heterocycles. The summed E-state index contributed by atoms with van der Waals surface area (Å²) in [5.74, 6) is -2.28. The molecule has 0 aliphatic carbocycles. The number of nitrogens with one attached hydrogen (secondary N) is 1. The summed E-state index contributed by atoms with van der Waals surface area (Å²) in [5, 5.41) is 25.9. The van der Waals surface area contributed by atoms with Crippen LogP contribution in [0.15, 0.2) is 0 Å². The number of cyclic esters (lactones) is 1. The van der Waals surface area contributed by atoms with Gasteiger partial charge in [-0.2, -0.15) is 0 Å². The molecule has 3 N–H and O–H groups in total. The van der Waals surface area contributed by atoms with E-state index in [1.165, 1.54) is 6.92 Å². The predicted molar refractivity (Wildman–Crippen MR) is 156 cm³/mol. The quantitative estimate of drug-likeness (QED) is 0.224. The molecular formula is C30H59N3O6. The van der Waals surface area contributed by atoms with Crippen molar-refractivity contribution in [2.45, 2.75) is 104 Å². The summed E-state index contributed by atoms with van der Waals surface area (Å²) in [4.78, 5) is 30.8. The molecule has 9 heteroatoms. The number of aliphatic hydroxyl groups excluding tert-OH is 1. The summed E-state index contributed by atoms with van der Waals surface area (Å²) in [6, 6.07) is -0.394. The number of ketones is 1. The molecule has 0 spiro atoms. The van der Waals surface area contributed by atoms with Gasteiger partial charge < -0.3 is 34.8 Å². The molecule has 0 unspecified atom stereocenters. The number of ether oxygens (including phenoxy) is 2. The largest absolute Gasteiger partial charge is 0.459 e. The normalized spacial score (nSPS) is 38.4. The number of carbonyl (C=O) groups excluding carboxylic acids is 2. The number of Topliss-reactive ketones (excluding diaryl/α,β-unsaturated/α-hetero) is 1. The predicted octanol–water partition coefficient (Wildman–Crippen LogP) is 2.57. The Morgan fingerprint density at radius 2 is 1.74 bits per heavy atom. The summed E-state index contributed by atoms with van der Waals surface area (Å²) in [6.45, 7) is 18.7. The van der Waals surface area contributed by atoms with E-state index in [4.69, 9.17) is 9.47 Å². The zero-order valence-corrected chi connectivity index (χ0v) is 26.6. The standard InChI is InChI=1S/C30H59N3O6/c1-12-25-30(8,37)27(35)24(6)33(11)19-20(2)18-29(7,38-17-15-31-14-13-16-32(9)10)23(5)21(3)26(34)22(4)28(36)39-25/h20-25,27,31,35,37H,12-19H2,1-11H3/t20-,21-,22-,23-,24-,25-,27-,29-,30-/m1/s1. The number of hydrogen-bond acceptors (Lipinski definition) is 9. The molecule has 1 fully saturated rings. The molecule has 9 nitrogen and oxygen atoms in total. The van der Waals surface area contributed by atoms with Crippen LogP contribution >= 0.6 is 0 Å². The SMILES string of the molecule is CC[C@H]1OC(=O)[C@H](C)C(=O)[C@H](C)[C@@H](C)[C@](C)(OCCNCCCN(C)C)C[C@@H](C)CN(C)[C@H](C)[C@@H](O)[C@]1(C)O. The third-order valence-electron chi connectivity index (χ3n) is 9.00. The maximum Gasteiger partial charge on any atom is 0.316 e. The fourth-order valence-electron chi connectivity index (χ4n) is 5.86. The Morgan fingerprint density at radius 3 is 2.31 bits per heavy atom. The van der Waals surface area contributed by atoms with Crippen LogP contribution in [-0.2, 0) is 19.1 Å². The zero-order valence-electron chi connectivity index (χ0n) is 26.6. The van der Waals surface area contributed by atoms with E-state index in [1.807, 2.05) is 32.7 Å². The molecule has 0 aromatic rings. The summed E-state index contributed by atoms with van der Waals surface area (Å²) < 4.78 is 12.2. The highest BCUT2D eigenvalue weighted by Crippen LogP contribution is 2.37. The number of esters is 1. The first-order valence-corrected chi connectivity index (χ1v) is 14.8. The number of carbonyl (C=O) groups is 2. The van der Waals surface area contributed by atoms with Crippen LogP contribution in [0.3, 0.4) is 0 Å². The molecule has 1 aliphatic heterocycles. The van der Waals surface area contributed by atoms with Crippen molar-refractivity contribution in [3.8, 4) is 0 Å². The molecule has 0 amide bonds. The summed E-state index contributed by atoms with van der Waals surface area (Å²) in [7, 11) is 6.06. The van der Waals surface area contributed by atoms with Gasteiger partial charge in [0.1, 0.15) is 29.5 Å². The second-order valence-electron chi connectivity index (χ2n) is 12.8. The molecule has 9 atom stereocenters. The lowest BCUT2D eigenvalue weighted by molar-refractivity contribution is -0.189. The van der Waals surface area contributed by atoms with Crippen LogP contribution in [-0.4, -0.2) is 115 Å². The summed E-state index contributed by atoms with van der Waals surface area (Å²) in [6.07, 6.45) is -0.0427. The maximum absolute atomic E-state index is 13.5. The van der Waals surface area contributed by atoms with E-state index < -0.39 is 47.3 Å². The van der Waals surface area contributed by atoms with Gasteiger partial charge >= 0.3 is 5.97 Å². The van der Waals surface area contributed by atoms with E-state index in [-0.39, 0.29) is 17.6 Å². The minimum absolute atomic E-state index is 0.153. The summed E-state index contributed by atoms with van der Waals surface area (Å²) >= 11 is 0. The molecule has 0 radical (unpaired) electrons. The van der Waals surface area contributed by atoms with E-state index in [0.29, 0.717) is 32.5 Å². The van der Waals surface area contributed by atoms with E-state index in [1.54, 1.807) is 13.8 Å². The van der Waals surface area contributed by atoms with Gasteiger partial charge in [0.15, 0.2) is 0 Å². The van der Waals surface area contributed by atoms with Gasteiger partial charge in [-0.25, -0.2) is 0 Å². The lowest BCUT2D eigenvalue weighted by Crippen LogP contribution is -2.59. The number of likely N-dealkylation sites (N-methyl/N-ethyl adjacent to an activating group) is 1. The molecule has 1 rings (SSSR count). The van der Waals surface area contributed by atoms with Crippen LogP contribution in [0.2, 0.25) is 0 Å². The number of hydrogen-bond donors (Lipinski definition) is 3. The van der Waals surface area contributed by atoms with E-state index >= 15 is 0 Å². The molecule has 0 aromatic heterocycles. The Hall–Kier alpha value is -1.10. The van der Waals surface area contributed by atoms with Crippen molar-refractivity contribution in [2.75, 3.05) is 53.9 Å². The van der Waals surface area contributed by atoms with Gasteiger partial charge in [-0.05, 0) is 93.0 Å². The third-order valence-corrected chi connectivity index (χ3v) is 9.00. The zero-order chi connectivity index (χ0) is 30.1. The van der Waals surface area contributed by atoms with Gasteiger partial charge in [0.05, 0.1) is 12.2 Å². The minimum Gasteiger partial charge on any atom is -0.459 e. The van der Waals surface area contributed by atoms with Gasteiger partial charge in [-0.15, -0.1) is 0 Å². The molecule has 0 bridgehead atoms. The van der Waals surface area contributed by atoms with Crippen molar-refractivity contribution in [1.82, 2.24) is 15.1 Å². The van der Waals surface area contributed by atoms with Crippen LogP contribution in [0.1, 0.15) is 74.7 Å². The number of rotatable bonds is 9. The van der Waals surface area contributed by atoms with Crippen molar-refractivity contribution in [2.24, 2.45) is 23.7 Å². The topological polar surface area (TPSA) is 112 Å². The van der Waals surface area contributed by atoms with Gasteiger partial charge in [0, 0.05) is 25.0 Å². The van der Waals surface area contributed by atoms with Crippen LogP contribution in [0.5, 0.6) is 0 Å². The van der Waals surface area contributed by atoms with E-state index in [0.717, 1.165) is 19.5 Å². The van der Waals surface area contributed by atoms with Crippen LogP contribution in [0, 0.1) is 23.7 Å². The molecule has 39 heavy (non-hydrogen) atoms.